The van der Waals surface area contributed by atoms with Crippen molar-refractivity contribution in [1.82, 2.24) is 20.0 Å². The summed E-state index contributed by atoms with van der Waals surface area (Å²) in [7, 11) is 0. The Morgan fingerprint density at radius 1 is 1.07 bits per heavy atom. The monoisotopic (exact) mass is 409 g/mol. The molecule has 4 heterocycles. The summed E-state index contributed by atoms with van der Waals surface area (Å²) in [4.78, 5) is 27.1. The van der Waals surface area contributed by atoms with Crippen molar-refractivity contribution >= 4 is 11.9 Å². The van der Waals surface area contributed by atoms with Crippen LogP contribution in [0.15, 0.2) is 16.8 Å². The third-order valence-electron chi connectivity index (χ3n) is 6.91. The summed E-state index contributed by atoms with van der Waals surface area (Å²) in [6.07, 6.45) is 10.8. The Hall–Kier alpha value is -2.44. The van der Waals surface area contributed by atoms with Gasteiger partial charge in [0.2, 0.25) is 11.9 Å². The van der Waals surface area contributed by atoms with Gasteiger partial charge >= 0.3 is 0 Å². The largest absolute Gasteiger partial charge is 0.356 e. The number of nitrogens with zero attached hydrogens (tertiary/aromatic N) is 5. The van der Waals surface area contributed by atoms with Crippen molar-refractivity contribution in [2.75, 3.05) is 31.1 Å². The van der Waals surface area contributed by atoms with Crippen molar-refractivity contribution in [1.29, 1.82) is 0 Å². The van der Waals surface area contributed by atoms with Crippen molar-refractivity contribution in [3.8, 4) is 11.3 Å². The van der Waals surface area contributed by atoms with Crippen LogP contribution in [0.25, 0.3) is 11.3 Å². The summed E-state index contributed by atoms with van der Waals surface area (Å²) >= 11 is 0. The van der Waals surface area contributed by atoms with Gasteiger partial charge < -0.3 is 14.3 Å². The Morgan fingerprint density at radius 2 is 1.87 bits per heavy atom. The predicted molar refractivity (Wildman–Crippen MR) is 114 cm³/mol. The topological polar surface area (TPSA) is 75.4 Å². The first-order valence-corrected chi connectivity index (χ1v) is 11.5. The first-order chi connectivity index (χ1) is 14.7. The number of aryl methyl sites for hydroxylation is 1. The summed E-state index contributed by atoms with van der Waals surface area (Å²) in [5, 5.41) is 4.07. The van der Waals surface area contributed by atoms with E-state index in [9.17, 15) is 4.79 Å². The van der Waals surface area contributed by atoms with Crippen LogP contribution in [0.5, 0.6) is 0 Å². The Morgan fingerprint density at radius 3 is 2.60 bits per heavy atom. The first-order valence-electron chi connectivity index (χ1n) is 11.5. The van der Waals surface area contributed by atoms with E-state index in [0.717, 1.165) is 80.5 Å². The molecule has 1 aliphatic carbocycles. The summed E-state index contributed by atoms with van der Waals surface area (Å²) in [6, 6.07) is 1.95. The average Bonchev–Trinajstić information content (AvgIpc) is 3.55. The number of likely N-dealkylation sites (tertiary alicyclic amines) is 1. The molecule has 7 nitrogen and oxygen atoms in total. The molecule has 0 aromatic carbocycles. The molecule has 0 unspecified atom stereocenters. The van der Waals surface area contributed by atoms with Gasteiger partial charge in [-0.05, 0) is 45.4 Å². The number of rotatable bonds is 4. The van der Waals surface area contributed by atoms with Crippen LogP contribution in [-0.4, -0.2) is 52.1 Å². The molecule has 0 radical (unpaired) electrons. The van der Waals surface area contributed by atoms with E-state index < -0.39 is 0 Å². The number of anilines is 1. The van der Waals surface area contributed by atoms with Gasteiger partial charge in [-0.3, -0.25) is 4.79 Å². The van der Waals surface area contributed by atoms with E-state index in [0.29, 0.717) is 5.91 Å². The molecule has 1 saturated carbocycles. The summed E-state index contributed by atoms with van der Waals surface area (Å²) in [5.74, 6) is 2.30. The molecule has 1 amide bonds. The predicted octanol–water partition coefficient (Wildman–Crippen LogP) is 3.94. The Bertz CT molecular complexity index is 899. The van der Waals surface area contributed by atoms with E-state index in [2.05, 4.69) is 19.9 Å². The van der Waals surface area contributed by atoms with Crippen LogP contribution < -0.4 is 4.90 Å². The van der Waals surface area contributed by atoms with Gasteiger partial charge in [-0.15, -0.1) is 0 Å². The molecule has 5 rings (SSSR count). The highest BCUT2D eigenvalue weighted by atomic mass is 16.5. The molecule has 2 saturated heterocycles. The highest BCUT2D eigenvalue weighted by molar-refractivity contribution is 5.79. The number of carbonyl (C=O) groups excluding carboxylic acids is 1. The van der Waals surface area contributed by atoms with Crippen LogP contribution in [0.3, 0.4) is 0 Å². The van der Waals surface area contributed by atoms with Gasteiger partial charge in [-0.2, -0.15) is 0 Å². The maximum Gasteiger partial charge on any atom is 0.225 e. The highest BCUT2D eigenvalue weighted by Crippen LogP contribution is 2.36. The standard InChI is InChI=1S/C23H31N5O2/c1-16-13-20(30-26-16)19-14-24-23(27-10-4-5-11-27)25-21(19)18-9-6-12-28(15-18)22(29)17-7-2-3-8-17/h13-14,17-18H,2-12,15H2,1H3/t18-/m1/s1. The lowest BCUT2D eigenvalue weighted by Gasteiger charge is -2.34. The Labute approximate surface area is 177 Å². The molecule has 7 heteroatoms. The lowest BCUT2D eigenvalue weighted by Crippen LogP contribution is -2.42. The molecule has 0 bridgehead atoms. The highest BCUT2D eigenvalue weighted by Gasteiger charge is 2.33. The van der Waals surface area contributed by atoms with E-state index >= 15 is 0 Å². The quantitative estimate of drug-likeness (QED) is 0.761. The van der Waals surface area contributed by atoms with Crippen LogP contribution in [0, 0.1) is 12.8 Å². The molecule has 0 N–H and O–H groups in total. The number of hydrogen-bond donors (Lipinski definition) is 0. The zero-order valence-corrected chi connectivity index (χ0v) is 17.8. The number of hydrogen-bond acceptors (Lipinski definition) is 6. The van der Waals surface area contributed by atoms with Crippen molar-refractivity contribution in [3.05, 3.63) is 23.7 Å². The van der Waals surface area contributed by atoms with Crippen molar-refractivity contribution in [2.45, 2.75) is 64.2 Å². The number of carbonyl (C=O) groups is 1. The van der Waals surface area contributed by atoms with Crippen molar-refractivity contribution < 1.29 is 9.32 Å². The molecule has 30 heavy (non-hydrogen) atoms. The molecule has 1 atom stereocenters. The molecule has 160 valence electrons. The van der Waals surface area contributed by atoms with E-state index in [1.54, 1.807) is 0 Å². The number of piperidine rings is 1. The van der Waals surface area contributed by atoms with Gasteiger partial charge in [0.05, 0.1) is 17.0 Å². The molecule has 3 aliphatic rings. The van der Waals surface area contributed by atoms with Gasteiger partial charge in [0.1, 0.15) is 0 Å². The van der Waals surface area contributed by atoms with E-state index in [1.165, 1.54) is 25.7 Å². The van der Waals surface area contributed by atoms with Gasteiger partial charge in [-0.1, -0.05) is 18.0 Å². The molecule has 0 spiro atoms. The second-order valence-electron chi connectivity index (χ2n) is 9.10. The van der Waals surface area contributed by atoms with Crippen LogP contribution in [0.2, 0.25) is 0 Å². The Balaban J connectivity index is 1.45. The van der Waals surface area contributed by atoms with Crippen LogP contribution in [0.1, 0.15) is 68.7 Å². The number of amides is 1. The van der Waals surface area contributed by atoms with Gasteiger partial charge in [0.25, 0.3) is 0 Å². The van der Waals surface area contributed by atoms with Crippen LogP contribution in [-0.2, 0) is 4.79 Å². The molecule has 2 aliphatic heterocycles. The van der Waals surface area contributed by atoms with Crippen molar-refractivity contribution in [2.24, 2.45) is 5.92 Å². The maximum atomic E-state index is 13.1. The minimum Gasteiger partial charge on any atom is -0.356 e. The maximum absolute atomic E-state index is 13.1. The van der Waals surface area contributed by atoms with Crippen LogP contribution >= 0.6 is 0 Å². The molecule has 3 fully saturated rings. The first kappa shape index (κ1) is 19.5. The molecular weight excluding hydrogens is 378 g/mol. The zero-order chi connectivity index (χ0) is 20.5. The van der Waals surface area contributed by atoms with Gasteiger partial charge in [0, 0.05) is 50.3 Å². The Kier molecular flexibility index (Phi) is 5.44. The van der Waals surface area contributed by atoms with Crippen molar-refractivity contribution in [3.63, 3.8) is 0 Å². The summed E-state index contributed by atoms with van der Waals surface area (Å²) in [6.45, 7) is 5.56. The lowest BCUT2D eigenvalue weighted by atomic mass is 9.90. The second-order valence-corrected chi connectivity index (χ2v) is 9.10. The van der Waals surface area contributed by atoms with Gasteiger partial charge in [-0.25, -0.2) is 9.97 Å². The third-order valence-corrected chi connectivity index (χ3v) is 6.91. The molecular formula is C23H31N5O2. The fourth-order valence-electron chi connectivity index (χ4n) is 5.28. The SMILES string of the molecule is Cc1cc(-c2cnc(N3CCCC3)nc2[C@@H]2CCCN(C(=O)C3CCCC3)C2)on1. The average molecular weight is 410 g/mol. The summed E-state index contributed by atoms with van der Waals surface area (Å²) < 4.78 is 5.58. The minimum absolute atomic E-state index is 0.203. The fourth-order valence-corrected chi connectivity index (χ4v) is 5.28. The molecule has 2 aromatic heterocycles. The minimum atomic E-state index is 0.203. The second kappa shape index (κ2) is 8.36. The third kappa shape index (κ3) is 3.82. The lowest BCUT2D eigenvalue weighted by molar-refractivity contribution is -0.136. The number of aromatic nitrogens is 3. The smallest absolute Gasteiger partial charge is 0.225 e. The van der Waals surface area contributed by atoms with E-state index in [-0.39, 0.29) is 11.8 Å². The van der Waals surface area contributed by atoms with E-state index in [4.69, 9.17) is 9.51 Å². The zero-order valence-electron chi connectivity index (χ0n) is 17.8. The van der Waals surface area contributed by atoms with E-state index in [1.807, 2.05) is 19.2 Å². The van der Waals surface area contributed by atoms with Gasteiger partial charge in [0.15, 0.2) is 5.76 Å². The molecule has 2 aromatic rings. The van der Waals surface area contributed by atoms with Crippen LogP contribution in [0.4, 0.5) is 5.95 Å². The normalized spacial score (nSPS) is 22.8. The fraction of sp³-hybridized carbons (Fsp3) is 0.652. The summed E-state index contributed by atoms with van der Waals surface area (Å²) in [5.41, 5.74) is 2.77.